The Morgan fingerprint density at radius 2 is 2.16 bits per heavy atom. The van der Waals surface area contributed by atoms with Gasteiger partial charge in [-0.05, 0) is 37.5 Å². The van der Waals surface area contributed by atoms with Crippen molar-refractivity contribution < 1.29 is 23.1 Å². The highest BCUT2D eigenvalue weighted by atomic mass is 32.2. The molecule has 0 aromatic carbocycles. The molecule has 31 heavy (non-hydrogen) atoms. The molecule has 1 fully saturated rings. The van der Waals surface area contributed by atoms with Gasteiger partial charge in [0.2, 0.25) is 15.9 Å². The number of pyridine rings is 1. The molecule has 0 aliphatic carbocycles. The zero-order valence-electron chi connectivity index (χ0n) is 17.0. The molecular weight excluding hydrogens is 424 g/mol. The first-order valence-corrected chi connectivity index (χ1v) is 11.5. The second kappa shape index (κ2) is 8.12. The zero-order chi connectivity index (χ0) is 22.2. The number of nitrogens with one attached hydrogen (secondary N) is 1. The van der Waals surface area contributed by atoms with Gasteiger partial charge in [0.05, 0.1) is 18.4 Å². The summed E-state index contributed by atoms with van der Waals surface area (Å²) in [6.07, 6.45) is 6.59. The van der Waals surface area contributed by atoms with E-state index in [4.69, 9.17) is 4.74 Å². The summed E-state index contributed by atoms with van der Waals surface area (Å²) in [4.78, 5) is 20.0. The van der Waals surface area contributed by atoms with Crippen molar-refractivity contribution >= 4 is 33.0 Å². The molecule has 2 N–H and O–H groups in total. The van der Waals surface area contributed by atoms with Gasteiger partial charge in [-0.15, -0.1) is 0 Å². The molecule has 12 heteroatoms. The molecule has 164 valence electrons. The molecule has 3 aromatic heterocycles. The molecule has 3 aromatic rings. The van der Waals surface area contributed by atoms with Crippen LogP contribution in [-0.2, 0) is 10.0 Å². The second-order valence-corrected chi connectivity index (χ2v) is 9.34. The molecule has 1 aliphatic rings. The number of sulfonamides is 1. The number of rotatable bonds is 6. The number of aromatic carboxylic acids is 1. The Balaban J connectivity index is 1.62. The number of piperidine rings is 1. The van der Waals surface area contributed by atoms with Crippen molar-refractivity contribution in [1.82, 2.24) is 23.9 Å². The van der Waals surface area contributed by atoms with Gasteiger partial charge in [0.1, 0.15) is 23.6 Å². The first-order chi connectivity index (χ1) is 14.7. The number of fused-ring (bicyclic) bond motifs is 1. The Morgan fingerprint density at radius 1 is 1.35 bits per heavy atom. The number of aryl methyl sites for hydroxylation is 1. The van der Waals surface area contributed by atoms with Gasteiger partial charge in [-0.2, -0.15) is 9.40 Å². The fourth-order valence-corrected chi connectivity index (χ4v) is 4.53. The molecule has 0 bridgehead atoms. The van der Waals surface area contributed by atoms with E-state index in [0.717, 1.165) is 0 Å². The van der Waals surface area contributed by atoms with Crippen molar-refractivity contribution in [3.63, 3.8) is 0 Å². The van der Waals surface area contributed by atoms with Crippen molar-refractivity contribution in [2.75, 3.05) is 24.7 Å². The van der Waals surface area contributed by atoms with Crippen LogP contribution >= 0.6 is 0 Å². The molecule has 0 radical (unpaired) electrons. The van der Waals surface area contributed by atoms with Crippen molar-refractivity contribution in [2.24, 2.45) is 0 Å². The predicted molar refractivity (Wildman–Crippen MR) is 112 cm³/mol. The standard InChI is InChI=1S/C19H22N6O5S/c1-12-14(19(26)27)10-25-16(12)17(21-11-22-25)23-15-6-3-7-20-18(15)30-13-5-4-8-24(9-13)31(2,28)29/h3,6-7,10-11,13H,4-5,8-9H2,1-2H3,(H,26,27)(H,21,22,23). The van der Waals surface area contributed by atoms with Crippen LogP contribution in [0.2, 0.25) is 0 Å². The SMILES string of the molecule is Cc1c(C(=O)O)cn2ncnc(Nc3cccnc3OC3CCCN(S(C)(=O)=O)C3)c12. The summed E-state index contributed by atoms with van der Waals surface area (Å²) < 4.78 is 32.7. The molecule has 1 aliphatic heterocycles. The highest BCUT2D eigenvalue weighted by Gasteiger charge is 2.28. The van der Waals surface area contributed by atoms with Crippen LogP contribution in [-0.4, -0.2) is 68.8 Å². The van der Waals surface area contributed by atoms with E-state index in [1.165, 1.54) is 27.6 Å². The van der Waals surface area contributed by atoms with Gasteiger partial charge in [-0.25, -0.2) is 27.7 Å². The summed E-state index contributed by atoms with van der Waals surface area (Å²) >= 11 is 0. The summed E-state index contributed by atoms with van der Waals surface area (Å²) in [6.45, 7) is 2.42. The number of aromatic nitrogens is 4. The van der Waals surface area contributed by atoms with Crippen LogP contribution in [0.4, 0.5) is 11.5 Å². The molecular formula is C19H22N6O5S. The third-order valence-corrected chi connectivity index (χ3v) is 6.44. The van der Waals surface area contributed by atoms with E-state index in [-0.39, 0.29) is 18.2 Å². The Morgan fingerprint density at radius 3 is 2.90 bits per heavy atom. The maximum Gasteiger partial charge on any atom is 0.337 e. The van der Waals surface area contributed by atoms with Crippen molar-refractivity contribution in [2.45, 2.75) is 25.9 Å². The molecule has 4 rings (SSSR count). The van der Waals surface area contributed by atoms with E-state index in [1.54, 1.807) is 25.3 Å². The van der Waals surface area contributed by atoms with E-state index in [2.05, 4.69) is 20.4 Å². The Labute approximate surface area is 178 Å². The lowest BCUT2D eigenvalue weighted by Crippen LogP contribution is -2.43. The van der Waals surface area contributed by atoms with Crippen molar-refractivity contribution in [3.05, 3.63) is 42.0 Å². The largest absolute Gasteiger partial charge is 0.478 e. The monoisotopic (exact) mass is 446 g/mol. The van der Waals surface area contributed by atoms with Crippen LogP contribution < -0.4 is 10.1 Å². The van der Waals surface area contributed by atoms with Gasteiger partial charge >= 0.3 is 5.97 Å². The first-order valence-electron chi connectivity index (χ1n) is 9.64. The summed E-state index contributed by atoms with van der Waals surface area (Å²) in [7, 11) is -3.29. The van der Waals surface area contributed by atoms with Crippen LogP contribution in [0, 0.1) is 6.92 Å². The van der Waals surface area contributed by atoms with E-state index < -0.39 is 16.0 Å². The van der Waals surface area contributed by atoms with Crippen molar-refractivity contribution in [1.29, 1.82) is 0 Å². The number of hydrogen-bond donors (Lipinski definition) is 2. The average molecular weight is 446 g/mol. The van der Waals surface area contributed by atoms with E-state index in [1.807, 2.05) is 0 Å². The molecule has 11 nitrogen and oxygen atoms in total. The number of hydrogen-bond acceptors (Lipinski definition) is 8. The van der Waals surface area contributed by atoms with Gasteiger partial charge in [0.15, 0.2) is 5.82 Å². The summed E-state index contributed by atoms with van der Waals surface area (Å²) in [6, 6.07) is 3.49. The molecule has 0 saturated carbocycles. The maximum atomic E-state index is 11.9. The quantitative estimate of drug-likeness (QED) is 0.579. The van der Waals surface area contributed by atoms with Crippen LogP contribution in [0.15, 0.2) is 30.9 Å². The lowest BCUT2D eigenvalue weighted by atomic mass is 10.1. The highest BCUT2D eigenvalue weighted by molar-refractivity contribution is 7.88. The summed E-state index contributed by atoms with van der Waals surface area (Å²) in [5.41, 5.74) is 1.71. The Kier molecular flexibility index (Phi) is 5.50. The zero-order valence-corrected chi connectivity index (χ0v) is 17.8. The van der Waals surface area contributed by atoms with Gasteiger partial charge in [-0.3, -0.25) is 0 Å². The Hall–Kier alpha value is -3.25. The van der Waals surface area contributed by atoms with Gasteiger partial charge < -0.3 is 15.2 Å². The number of nitrogens with zero attached hydrogens (tertiary/aromatic N) is 5. The topological polar surface area (TPSA) is 139 Å². The minimum atomic E-state index is -3.29. The third kappa shape index (κ3) is 4.30. The molecule has 0 amide bonds. The minimum Gasteiger partial charge on any atom is -0.478 e. The summed E-state index contributed by atoms with van der Waals surface area (Å²) in [5, 5.41) is 16.6. The lowest BCUT2D eigenvalue weighted by Gasteiger charge is -2.31. The predicted octanol–water partition coefficient (Wildman–Crippen LogP) is 1.68. The van der Waals surface area contributed by atoms with E-state index >= 15 is 0 Å². The molecule has 1 unspecified atom stereocenters. The summed E-state index contributed by atoms with van der Waals surface area (Å²) in [5.74, 6) is -0.339. The fourth-order valence-electron chi connectivity index (χ4n) is 3.64. The van der Waals surface area contributed by atoms with Gasteiger partial charge in [-0.1, -0.05) is 0 Å². The van der Waals surface area contributed by atoms with Gasteiger partial charge in [0.25, 0.3) is 0 Å². The fraction of sp³-hybridized carbons (Fsp3) is 0.368. The first kappa shape index (κ1) is 21.0. The highest BCUT2D eigenvalue weighted by Crippen LogP contribution is 2.30. The van der Waals surface area contributed by atoms with E-state index in [9.17, 15) is 18.3 Å². The molecule has 0 spiro atoms. The number of carboxylic acids is 1. The maximum absolute atomic E-state index is 11.9. The number of carbonyl (C=O) groups is 1. The van der Waals surface area contributed by atoms with Crippen molar-refractivity contribution in [3.8, 4) is 5.88 Å². The number of ether oxygens (including phenoxy) is 1. The van der Waals surface area contributed by atoms with E-state index in [0.29, 0.717) is 47.9 Å². The average Bonchev–Trinajstić information content (AvgIpc) is 3.07. The number of anilines is 2. The molecule has 1 atom stereocenters. The van der Waals surface area contributed by atoms with Gasteiger partial charge in [0, 0.05) is 18.9 Å². The number of carboxylic acid groups (broad SMARTS) is 1. The second-order valence-electron chi connectivity index (χ2n) is 7.36. The molecule has 1 saturated heterocycles. The van der Waals surface area contributed by atoms with Crippen LogP contribution in [0.5, 0.6) is 5.88 Å². The smallest absolute Gasteiger partial charge is 0.337 e. The van der Waals surface area contributed by atoms with Crippen LogP contribution in [0.3, 0.4) is 0 Å². The normalized spacial score (nSPS) is 17.5. The lowest BCUT2D eigenvalue weighted by molar-refractivity contribution is 0.0696. The minimum absolute atomic E-state index is 0.134. The van der Waals surface area contributed by atoms with Crippen LogP contribution in [0.25, 0.3) is 5.52 Å². The Bertz CT molecular complexity index is 1240. The third-order valence-electron chi connectivity index (χ3n) is 5.17. The molecule has 4 heterocycles. The van der Waals surface area contributed by atoms with Crippen LogP contribution in [0.1, 0.15) is 28.8 Å².